The zero-order valence-electron chi connectivity index (χ0n) is 11.5. The van der Waals surface area contributed by atoms with Crippen molar-refractivity contribution in [3.63, 3.8) is 0 Å². The summed E-state index contributed by atoms with van der Waals surface area (Å²) < 4.78 is 1.44. The van der Waals surface area contributed by atoms with E-state index in [9.17, 15) is 9.59 Å². The highest BCUT2D eigenvalue weighted by Crippen LogP contribution is 2.23. The number of nitrogens with one attached hydrogen (secondary N) is 1. The number of benzene rings is 1. The van der Waals surface area contributed by atoms with Crippen LogP contribution in [0.15, 0.2) is 30.3 Å². The average Bonchev–Trinajstić information content (AvgIpc) is 2.74. The van der Waals surface area contributed by atoms with Crippen molar-refractivity contribution in [1.82, 2.24) is 15.1 Å². The van der Waals surface area contributed by atoms with Crippen molar-refractivity contribution in [3.05, 3.63) is 46.7 Å². The Hall–Kier alpha value is -2.34. The fourth-order valence-electron chi connectivity index (χ4n) is 1.83. The molecule has 0 bridgehead atoms. The summed E-state index contributed by atoms with van der Waals surface area (Å²) in [4.78, 5) is 22.9. The van der Waals surface area contributed by atoms with Gasteiger partial charge < -0.3 is 10.4 Å². The molecule has 0 aliphatic rings. The van der Waals surface area contributed by atoms with Gasteiger partial charge in [-0.15, -0.1) is 0 Å². The largest absolute Gasteiger partial charge is 0.480 e. The quantitative estimate of drug-likeness (QED) is 0.905. The second-order valence-electron chi connectivity index (χ2n) is 4.53. The van der Waals surface area contributed by atoms with Crippen LogP contribution in [0, 0.1) is 6.92 Å². The molecule has 1 amide bonds. The second-order valence-corrected chi connectivity index (χ2v) is 4.89. The number of carboxylic acid groups (broad SMARTS) is 1. The first-order chi connectivity index (χ1) is 9.91. The van der Waals surface area contributed by atoms with E-state index in [1.807, 2.05) is 18.2 Å². The molecule has 1 heterocycles. The lowest BCUT2D eigenvalue weighted by Gasteiger charge is -2.09. The lowest BCUT2D eigenvalue weighted by Crippen LogP contribution is -2.38. The summed E-state index contributed by atoms with van der Waals surface area (Å²) in [7, 11) is 0. The summed E-state index contributed by atoms with van der Waals surface area (Å²) in [6.07, 6.45) is 0. The van der Waals surface area contributed by atoms with Gasteiger partial charge in [-0.25, -0.2) is 4.68 Å². The Kier molecular flexibility index (Phi) is 4.28. The van der Waals surface area contributed by atoms with Gasteiger partial charge in [0.1, 0.15) is 11.2 Å². The van der Waals surface area contributed by atoms with E-state index in [0.29, 0.717) is 5.69 Å². The van der Waals surface area contributed by atoms with Crippen molar-refractivity contribution in [1.29, 1.82) is 0 Å². The third-order valence-electron chi connectivity index (χ3n) is 2.95. The van der Waals surface area contributed by atoms with Crippen LogP contribution in [0.4, 0.5) is 0 Å². The molecular formula is C14H14ClN3O3. The Morgan fingerprint density at radius 1 is 1.33 bits per heavy atom. The third kappa shape index (κ3) is 3.05. The SMILES string of the molecule is Cc1nn(-c2ccccc2)c(Cl)c1C(=O)N[C@H](C)C(=O)O. The van der Waals surface area contributed by atoms with Gasteiger partial charge in [-0.05, 0) is 26.0 Å². The molecule has 0 spiro atoms. The summed E-state index contributed by atoms with van der Waals surface area (Å²) in [6, 6.07) is 8.12. The highest BCUT2D eigenvalue weighted by atomic mass is 35.5. The molecule has 110 valence electrons. The lowest BCUT2D eigenvalue weighted by atomic mass is 10.2. The highest BCUT2D eigenvalue weighted by Gasteiger charge is 2.23. The standard InChI is InChI=1S/C14H14ClN3O3/c1-8-11(13(19)16-9(2)14(20)21)12(15)18(17-8)10-6-4-3-5-7-10/h3-7,9H,1-2H3,(H,16,19)(H,20,21)/t9-/m1/s1. The first-order valence-corrected chi connectivity index (χ1v) is 6.64. The molecule has 0 saturated heterocycles. The van der Waals surface area contributed by atoms with Crippen molar-refractivity contribution >= 4 is 23.5 Å². The maximum atomic E-state index is 12.1. The van der Waals surface area contributed by atoms with Gasteiger partial charge in [-0.2, -0.15) is 5.10 Å². The Bertz CT molecular complexity index is 682. The van der Waals surface area contributed by atoms with Crippen LogP contribution in [-0.4, -0.2) is 32.8 Å². The van der Waals surface area contributed by atoms with Gasteiger partial charge in [-0.3, -0.25) is 9.59 Å². The predicted molar refractivity (Wildman–Crippen MR) is 77.9 cm³/mol. The molecule has 6 nitrogen and oxygen atoms in total. The molecule has 1 aromatic heterocycles. The number of hydrogen-bond acceptors (Lipinski definition) is 3. The second kappa shape index (κ2) is 5.97. The molecule has 1 aromatic carbocycles. The van der Waals surface area contributed by atoms with E-state index < -0.39 is 17.9 Å². The van der Waals surface area contributed by atoms with E-state index >= 15 is 0 Å². The van der Waals surface area contributed by atoms with E-state index in [0.717, 1.165) is 5.69 Å². The van der Waals surface area contributed by atoms with E-state index in [2.05, 4.69) is 10.4 Å². The Morgan fingerprint density at radius 2 is 1.95 bits per heavy atom. The predicted octanol–water partition coefficient (Wildman–Crippen LogP) is 2.04. The number of para-hydroxylation sites is 1. The van der Waals surface area contributed by atoms with Crippen molar-refractivity contribution in [3.8, 4) is 5.69 Å². The van der Waals surface area contributed by atoms with Crippen molar-refractivity contribution in [2.45, 2.75) is 19.9 Å². The minimum Gasteiger partial charge on any atom is -0.480 e. The smallest absolute Gasteiger partial charge is 0.325 e. The van der Waals surface area contributed by atoms with Crippen LogP contribution >= 0.6 is 11.6 Å². The van der Waals surface area contributed by atoms with Crippen molar-refractivity contribution in [2.75, 3.05) is 0 Å². The van der Waals surface area contributed by atoms with E-state index in [1.165, 1.54) is 11.6 Å². The van der Waals surface area contributed by atoms with Crippen LogP contribution in [0.1, 0.15) is 23.0 Å². The van der Waals surface area contributed by atoms with Gasteiger partial charge in [0.2, 0.25) is 0 Å². The third-order valence-corrected chi connectivity index (χ3v) is 3.30. The Labute approximate surface area is 126 Å². The number of carbonyl (C=O) groups excluding carboxylic acids is 1. The number of nitrogens with zero attached hydrogens (tertiary/aromatic N) is 2. The molecule has 7 heteroatoms. The lowest BCUT2D eigenvalue weighted by molar-refractivity contribution is -0.138. The zero-order chi connectivity index (χ0) is 15.6. The summed E-state index contributed by atoms with van der Waals surface area (Å²) >= 11 is 6.21. The van der Waals surface area contributed by atoms with Crippen molar-refractivity contribution in [2.24, 2.45) is 0 Å². The normalized spacial score (nSPS) is 12.0. The van der Waals surface area contributed by atoms with E-state index in [-0.39, 0.29) is 10.7 Å². The van der Waals surface area contributed by atoms with Gasteiger partial charge in [0.05, 0.1) is 16.9 Å². The van der Waals surface area contributed by atoms with Gasteiger partial charge >= 0.3 is 5.97 Å². The van der Waals surface area contributed by atoms with Gasteiger partial charge in [0.25, 0.3) is 5.91 Å². The first-order valence-electron chi connectivity index (χ1n) is 6.26. The molecule has 2 rings (SSSR count). The first kappa shape index (κ1) is 15.1. The summed E-state index contributed by atoms with van der Waals surface area (Å²) in [5, 5.41) is 15.6. The number of carboxylic acids is 1. The number of rotatable bonds is 4. The van der Waals surface area contributed by atoms with E-state index in [4.69, 9.17) is 16.7 Å². The minimum atomic E-state index is -1.12. The van der Waals surface area contributed by atoms with Crippen LogP contribution < -0.4 is 5.32 Å². The number of halogens is 1. The molecular weight excluding hydrogens is 294 g/mol. The topological polar surface area (TPSA) is 84.2 Å². The number of aromatic nitrogens is 2. The van der Waals surface area contributed by atoms with Crippen LogP contribution in [0.5, 0.6) is 0 Å². The van der Waals surface area contributed by atoms with Crippen LogP contribution in [0.25, 0.3) is 5.69 Å². The number of amides is 1. The van der Waals surface area contributed by atoms with Crippen LogP contribution in [-0.2, 0) is 4.79 Å². The zero-order valence-corrected chi connectivity index (χ0v) is 12.3. The van der Waals surface area contributed by atoms with Gasteiger partial charge in [0, 0.05) is 0 Å². The van der Waals surface area contributed by atoms with Crippen LogP contribution in [0.3, 0.4) is 0 Å². The highest BCUT2D eigenvalue weighted by molar-refractivity contribution is 6.33. The maximum Gasteiger partial charge on any atom is 0.325 e. The number of carbonyl (C=O) groups is 2. The summed E-state index contributed by atoms with van der Waals surface area (Å²) in [5.41, 5.74) is 1.32. The number of hydrogen-bond donors (Lipinski definition) is 2. The molecule has 0 unspecified atom stereocenters. The molecule has 1 atom stereocenters. The molecule has 0 fully saturated rings. The summed E-state index contributed by atoms with van der Waals surface area (Å²) in [6.45, 7) is 3.02. The maximum absolute atomic E-state index is 12.1. The van der Waals surface area contributed by atoms with Crippen molar-refractivity contribution < 1.29 is 14.7 Å². The molecule has 0 aliphatic heterocycles. The number of aliphatic carboxylic acids is 1. The van der Waals surface area contributed by atoms with E-state index in [1.54, 1.807) is 19.1 Å². The minimum absolute atomic E-state index is 0.147. The van der Waals surface area contributed by atoms with Gasteiger partial charge in [0.15, 0.2) is 0 Å². The molecule has 0 saturated carbocycles. The fraction of sp³-hybridized carbons (Fsp3) is 0.214. The Balaban J connectivity index is 2.36. The molecule has 21 heavy (non-hydrogen) atoms. The van der Waals surface area contributed by atoms with Gasteiger partial charge in [-0.1, -0.05) is 29.8 Å². The summed E-state index contributed by atoms with van der Waals surface area (Å²) in [5.74, 6) is -1.68. The molecule has 0 radical (unpaired) electrons. The molecule has 2 aromatic rings. The Morgan fingerprint density at radius 3 is 2.52 bits per heavy atom. The number of aryl methyl sites for hydroxylation is 1. The average molecular weight is 308 g/mol. The fourth-order valence-corrected chi connectivity index (χ4v) is 2.19. The van der Waals surface area contributed by atoms with Crippen LogP contribution in [0.2, 0.25) is 5.15 Å². The molecule has 0 aliphatic carbocycles. The molecule has 2 N–H and O–H groups in total. The monoisotopic (exact) mass is 307 g/mol.